The van der Waals surface area contributed by atoms with Gasteiger partial charge in [0, 0.05) is 6.54 Å². The van der Waals surface area contributed by atoms with Crippen molar-refractivity contribution in [3.8, 4) is 0 Å². The fourth-order valence-corrected chi connectivity index (χ4v) is 2.97. The van der Waals surface area contributed by atoms with Crippen LogP contribution in [0.4, 0.5) is 0 Å². The monoisotopic (exact) mass is 255 g/mol. The van der Waals surface area contributed by atoms with Gasteiger partial charge in [-0.05, 0) is 44.6 Å². The lowest BCUT2D eigenvalue weighted by Crippen LogP contribution is -2.43. The summed E-state index contributed by atoms with van der Waals surface area (Å²) in [5.41, 5.74) is -0.408. The molecule has 1 fully saturated rings. The molecule has 108 valence electrons. The van der Waals surface area contributed by atoms with E-state index in [1.165, 1.54) is 51.4 Å². The van der Waals surface area contributed by atoms with Gasteiger partial charge in [0.15, 0.2) is 0 Å². The summed E-state index contributed by atoms with van der Waals surface area (Å²) >= 11 is 0. The Morgan fingerprint density at radius 2 is 1.72 bits per heavy atom. The molecule has 0 aromatic heterocycles. The third-order valence-corrected chi connectivity index (χ3v) is 4.52. The quantitative estimate of drug-likeness (QED) is 0.613. The molecule has 0 heterocycles. The van der Waals surface area contributed by atoms with Crippen molar-refractivity contribution in [2.24, 2.45) is 5.92 Å². The summed E-state index contributed by atoms with van der Waals surface area (Å²) in [5.74, 6) is 0.860. The van der Waals surface area contributed by atoms with Crippen LogP contribution in [0.5, 0.6) is 0 Å². The van der Waals surface area contributed by atoms with E-state index in [1.54, 1.807) is 0 Å². The summed E-state index contributed by atoms with van der Waals surface area (Å²) in [7, 11) is 0. The van der Waals surface area contributed by atoms with Gasteiger partial charge in [0.1, 0.15) is 0 Å². The number of hydrogen-bond donors (Lipinski definition) is 2. The topological polar surface area (TPSA) is 32.3 Å². The van der Waals surface area contributed by atoms with Gasteiger partial charge >= 0.3 is 0 Å². The predicted octanol–water partition coefficient (Wildman–Crippen LogP) is 3.88. The van der Waals surface area contributed by atoms with Gasteiger partial charge in [0.25, 0.3) is 0 Å². The Bertz CT molecular complexity index is 197. The predicted molar refractivity (Wildman–Crippen MR) is 78.8 cm³/mol. The zero-order valence-electron chi connectivity index (χ0n) is 12.5. The lowest BCUT2D eigenvalue weighted by atomic mass is 9.78. The SMILES string of the molecule is CCCCCCCNCC1(O)CCC(CC)CC1. The Balaban J connectivity index is 2.01. The van der Waals surface area contributed by atoms with Crippen LogP contribution in [0.1, 0.15) is 78.1 Å². The third-order valence-electron chi connectivity index (χ3n) is 4.52. The summed E-state index contributed by atoms with van der Waals surface area (Å²) < 4.78 is 0. The first-order chi connectivity index (χ1) is 8.70. The van der Waals surface area contributed by atoms with Crippen LogP contribution >= 0.6 is 0 Å². The molecular formula is C16H33NO. The summed E-state index contributed by atoms with van der Waals surface area (Å²) in [4.78, 5) is 0. The zero-order valence-corrected chi connectivity index (χ0v) is 12.5. The number of nitrogens with one attached hydrogen (secondary N) is 1. The maximum Gasteiger partial charge on any atom is 0.0771 e. The second-order valence-corrected chi connectivity index (χ2v) is 6.17. The van der Waals surface area contributed by atoms with Crippen molar-refractivity contribution < 1.29 is 5.11 Å². The zero-order chi connectivity index (χ0) is 13.3. The van der Waals surface area contributed by atoms with Crippen LogP contribution in [0, 0.1) is 5.92 Å². The van der Waals surface area contributed by atoms with E-state index >= 15 is 0 Å². The molecule has 2 nitrogen and oxygen atoms in total. The average Bonchev–Trinajstić information content (AvgIpc) is 2.39. The highest BCUT2D eigenvalue weighted by Gasteiger charge is 2.31. The van der Waals surface area contributed by atoms with E-state index in [-0.39, 0.29) is 0 Å². The Labute approximate surface area is 114 Å². The van der Waals surface area contributed by atoms with Crippen LogP contribution < -0.4 is 5.32 Å². The first-order valence-corrected chi connectivity index (χ1v) is 8.13. The first-order valence-electron chi connectivity index (χ1n) is 8.13. The van der Waals surface area contributed by atoms with Crippen LogP contribution in [-0.2, 0) is 0 Å². The fraction of sp³-hybridized carbons (Fsp3) is 1.00. The molecule has 0 saturated heterocycles. The second-order valence-electron chi connectivity index (χ2n) is 6.17. The lowest BCUT2D eigenvalue weighted by Gasteiger charge is -2.36. The normalized spacial score (nSPS) is 28.5. The van der Waals surface area contributed by atoms with Gasteiger partial charge in [-0.1, -0.05) is 46.0 Å². The largest absolute Gasteiger partial charge is 0.389 e. The van der Waals surface area contributed by atoms with E-state index in [1.807, 2.05) is 0 Å². The Hall–Kier alpha value is -0.0800. The van der Waals surface area contributed by atoms with E-state index < -0.39 is 5.60 Å². The van der Waals surface area contributed by atoms with Crippen LogP contribution in [-0.4, -0.2) is 23.8 Å². The molecule has 0 aromatic rings. The molecule has 0 radical (unpaired) electrons. The van der Waals surface area contributed by atoms with Crippen molar-refractivity contribution in [1.82, 2.24) is 5.32 Å². The van der Waals surface area contributed by atoms with E-state index in [4.69, 9.17) is 0 Å². The molecule has 18 heavy (non-hydrogen) atoms. The van der Waals surface area contributed by atoms with Gasteiger partial charge < -0.3 is 10.4 Å². The molecule has 1 rings (SSSR count). The minimum Gasteiger partial charge on any atom is -0.389 e. The average molecular weight is 255 g/mol. The number of hydrogen-bond acceptors (Lipinski definition) is 2. The van der Waals surface area contributed by atoms with Gasteiger partial charge in [-0.2, -0.15) is 0 Å². The number of aliphatic hydroxyl groups is 1. The van der Waals surface area contributed by atoms with Gasteiger partial charge in [-0.25, -0.2) is 0 Å². The van der Waals surface area contributed by atoms with E-state index in [0.717, 1.165) is 31.8 Å². The van der Waals surface area contributed by atoms with Gasteiger partial charge in [-0.15, -0.1) is 0 Å². The summed E-state index contributed by atoms with van der Waals surface area (Å²) in [5, 5.41) is 13.9. The Morgan fingerprint density at radius 3 is 2.33 bits per heavy atom. The van der Waals surface area contributed by atoms with Crippen molar-refractivity contribution in [3.05, 3.63) is 0 Å². The molecule has 1 aliphatic rings. The highest BCUT2D eigenvalue weighted by molar-refractivity contribution is 4.86. The summed E-state index contributed by atoms with van der Waals surface area (Å²) in [6, 6.07) is 0. The van der Waals surface area contributed by atoms with Crippen LogP contribution in [0.25, 0.3) is 0 Å². The van der Waals surface area contributed by atoms with Crippen molar-refractivity contribution in [3.63, 3.8) is 0 Å². The molecule has 0 unspecified atom stereocenters. The smallest absolute Gasteiger partial charge is 0.0771 e. The highest BCUT2D eigenvalue weighted by atomic mass is 16.3. The van der Waals surface area contributed by atoms with Crippen molar-refractivity contribution >= 4 is 0 Å². The van der Waals surface area contributed by atoms with Gasteiger partial charge in [0.05, 0.1) is 5.60 Å². The molecular weight excluding hydrogens is 222 g/mol. The minimum absolute atomic E-state index is 0.408. The third kappa shape index (κ3) is 6.19. The number of unbranched alkanes of at least 4 members (excludes halogenated alkanes) is 4. The van der Waals surface area contributed by atoms with E-state index in [9.17, 15) is 5.11 Å². The Kier molecular flexibility index (Phi) is 7.92. The van der Waals surface area contributed by atoms with Crippen LogP contribution in [0.2, 0.25) is 0 Å². The minimum atomic E-state index is -0.408. The number of rotatable bonds is 9. The van der Waals surface area contributed by atoms with Crippen LogP contribution in [0.3, 0.4) is 0 Å². The van der Waals surface area contributed by atoms with Crippen molar-refractivity contribution in [2.45, 2.75) is 83.7 Å². The molecule has 1 saturated carbocycles. The van der Waals surface area contributed by atoms with Gasteiger partial charge in [-0.3, -0.25) is 0 Å². The lowest BCUT2D eigenvalue weighted by molar-refractivity contribution is -0.00847. The molecule has 0 atom stereocenters. The first kappa shape index (κ1) is 16.0. The molecule has 0 aliphatic heterocycles. The molecule has 2 N–H and O–H groups in total. The van der Waals surface area contributed by atoms with Crippen molar-refractivity contribution in [2.75, 3.05) is 13.1 Å². The van der Waals surface area contributed by atoms with Crippen LogP contribution in [0.15, 0.2) is 0 Å². The summed E-state index contributed by atoms with van der Waals surface area (Å²) in [6.45, 7) is 6.39. The van der Waals surface area contributed by atoms with Crippen molar-refractivity contribution in [1.29, 1.82) is 0 Å². The second kappa shape index (κ2) is 8.92. The molecule has 0 bridgehead atoms. The standard InChI is InChI=1S/C16H33NO/c1-3-5-6-7-8-13-17-14-16(18)11-9-15(4-2)10-12-16/h15,17-18H,3-14H2,1-2H3. The Morgan fingerprint density at radius 1 is 1.06 bits per heavy atom. The molecule has 0 spiro atoms. The maximum absolute atomic E-state index is 10.5. The van der Waals surface area contributed by atoms with E-state index in [2.05, 4.69) is 19.2 Å². The van der Waals surface area contributed by atoms with Gasteiger partial charge in [0.2, 0.25) is 0 Å². The maximum atomic E-state index is 10.5. The molecule has 1 aliphatic carbocycles. The highest BCUT2D eigenvalue weighted by Crippen LogP contribution is 2.33. The fourth-order valence-electron chi connectivity index (χ4n) is 2.97. The molecule has 2 heteroatoms. The summed E-state index contributed by atoms with van der Waals surface area (Å²) in [6.07, 6.45) is 12.3. The molecule has 0 aromatic carbocycles. The van der Waals surface area contributed by atoms with E-state index in [0.29, 0.717) is 0 Å². The molecule has 0 amide bonds.